The third kappa shape index (κ3) is 3.41. The van der Waals surface area contributed by atoms with Crippen LogP contribution < -0.4 is 5.46 Å². The van der Waals surface area contributed by atoms with Gasteiger partial charge in [0.2, 0.25) is 0 Å². The lowest BCUT2D eigenvalue weighted by atomic mass is 9.88. The zero-order valence-corrected chi connectivity index (χ0v) is 12.3. The van der Waals surface area contributed by atoms with Gasteiger partial charge < -0.3 is 4.98 Å². The number of aromatic amines is 1. The molecule has 0 amide bonds. The van der Waals surface area contributed by atoms with E-state index in [1.165, 1.54) is 28.6 Å². The third-order valence-electron chi connectivity index (χ3n) is 2.90. The van der Waals surface area contributed by atoms with E-state index in [9.17, 15) is 0 Å². The van der Waals surface area contributed by atoms with E-state index in [0.29, 0.717) is 5.92 Å². The van der Waals surface area contributed by atoms with Crippen molar-refractivity contribution in [2.45, 2.75) is 53.4 Å². The van der Waals surface area contributed by atoms with Crippen LogP contribution in [0.4, 0.5) is 0 Å². The summed E-state index contributed by atoms with van der Waals surface area (Å²) in [6.07, 6.45) is 2.23. The van der Waals surface area contributed by atoms with E-state index in [1.54, 1.807) is 0 Å². The Balaban J connectivity index is 0.000000492. The van der Waals surface area contributed by atoms with E-state index in [1.807, 2.05) is 0 Å². The second-order valence-electron chi connectivity index (χ2n) is 5.08. The van der Waals surface area contributed by atoms with Crippen molar-refractivity contribution in [2.75, 3.05) is 0 Å². The maximum atomic E-state index is 5.97. The lowest BCUT2D eigenvalue weighted by Gasteiger charge is -2.02. The van der Waals surface area contributed by atoms with Crippen LogP contribution in [0.25, 0.3) is 10.9 Å². The largest absolute Gasteiger partial charge is 0.358 e. The standard InChI is InChI=1S/C13H16BN.C3H8/c1-4-9-6-13-10(5-11(9)14)7-12(15-13)8(2)3;1-3-2/h5-8,15H,4H2,1-3H3;3H2,1-2H3. The van der Waals surface area contributed by atoms with Crippen LogP contribution >= 0.6 is 0 Å². The van der Waals surface area contributed by atoms with Crippen molar-refractivity contribution in [3.05, 3.63) is 29.5 Å². The van der Waals surface area contributed by atoms with Crippen LogP contribution in [0.1, 0.15) is 58.2 Å². The highest BCUT2D eigenvalue weighted by molar-refractivity contribution is 6.34. The van der Waals surface area contributed by atoms with Gasteiger partial charge in [0, 0.05) is 11.2 Å². The van der Waals surface area contributed by atoms with Gasteiger partial charge in [-0.2, -0.15) is 0 Å². The molecule has 96 valence electrons. The number of rotatable bonds is 2. The second-order valence-corrected chi connectivity index (χ2v) is 5.08. The first-order valence-electron chi connectivity index (χ1n) is 6.94. The lowest BCUT2D eigenvalue weighted by molar-refractivity contribution is 0.836. The molecule has 0 spiro atoms. The monoisotopic (exact) mass is 241 g/mol. The molecular weight excluding hydrogens is 217 g/mol. The fraction of sp³-hybridized carbons (Fsp3) is 0.500. The average Bonchev–Trinajstić information content (AvgIpc) is 2.71. The number of H-pyrrole nitrogens is 1. The van der Waals surface area contributed by atoms with E-state index in [0.717, 1.165) is 11.9 Å². The minimum atomic E-state index is 0.531. The minimum Gasteiger partial charge on any atom is -0.358 e. The fourth-order valence-electron chi connectivity index (χ4n) is 1.88. The summed E-state index contributed by atoms with van der Waals surface area (Å²) in [6.45, 7) is 10.8. The zero-order valence-electron chi connectivity index (χ0n) is 12.3. The molecule has 0 saturated carbocycles. The van der Waals surface area contributed by atoms with Crippen molar-refractivity contribution in [3.8, 4) is 0 Å². The molecule has 2 aromatic rings. The van der Waals surface area contributed by atoms with Gasteiger partial charge in [-0.1, -0.05) is 58.1 Å². The molecule has 0 fully saturated rings. The van der Waals surface area contributed by atoms with Gasteiger partial charge in [0.1, 0.15) is 7.85 Å². The molecule has 0 unspecified atom stereocenters. The molecule has 1 nitrogen and oxygen atoms in total. The van der Waals surface area contributed by atoms with Crippen LogP contribution in [-0.4, -0.2) is 12.8 Å². The van der Waals surface area contributed by atoms with Crippen molar-refractivity contribution in [2.24, 2.45) is 0 Å². The van der Waals surface area contributed by atoms with E-state index in [-0.39, 0.29) is 0 Å². The quantitative estimate of drug-likeness (QED) is 0.763. The molecule has 0 aliphatic rings. The first kappa shape index (κ1) is 14.9. The molecule has 2 rings (SSSR count). The van der Waals surface area contributed by atoms with Crippen molar-refractivity contribution < 1.29 is 0 Å². The number of hydrogen-bond donors (Lipinski definition) is 1. The summed E-state index contributed by atoms with van der Waals surface area (Å²) in [5, 5.41) is 1.22. The minimum absolute atomic E-state index is 0.531. The molecule has 2 heteroatoms. The Bertz CT molecular complexity index is 497. The van der Waals surface area contributed by atoms with Gasteiger partial charge in [-0.05, 0) is 29.9 Å². The highest BCUT2D eigenvalue weighted by atomic mass is 14.7. The van der Waals surface area contributed by atoms with Crippen molar-refractivity contribution in [1.29, 1.82) is 0 Å². The number of fused-ring (bicyclic) bond motifs is 1. The van der Waals surface area contributed by atoms with Gasteiger partial charge >= 0.3 is 0 Å². The van der Waals surface area contributed by atoms with E-state index in [4.69, 9.17) is 7.85 Å². The first-order chi connectivity index (χ1) is 8.53. The van der Waals surface area contributed by atoms with Gasteiger partial charge in [-0.15, -0.1) is 0 Å². The summed E-state index contributed by atoms with van der Waals surface area (Å²) in [6, 6.07) is 6.42. The third-order valence-corrected chi connectivity index (χ3v) is 2.90. The van der Waals surface area contributed by atoms with Crippen LogP contribution in [0.3, 0.4) is 0 Å². The van der Waals surface area contributed by atoms with Crippen molar-refractivity contribution in [1.82, 2.24) is 4.98 Å². The number of aryl methyl sites for hydroxylation is 1. The molecule has 1 aromatic heterocycles. The predicted molar refractivity (Wildman–Crippen MR) is 83.1 cm³/mol. The predicted octanol–water partition coefficient (Wildman–Crippen LogP) is 4.06. The van der Waals surface area contributed by atoms with Gasteiger partial charge in [-0.25, -0.2) is 0 Å². The van der Waals surface area contributed by atoms with Crippen molar-refractivity contribution in [3.63, 3.8) is 0 Å². The summed E-state index contributed by atoms with van der Waals surface area (Å²) in [5.41, 5.74) is 4.60. The van der Waals surface area contributed by atoms with Crippen LogP contribution in [0.2, 0.25) is 0 Å². The fourth-order valence-corrected chi connectivity index (χ4v) is 1.88. The summed E-state index contributed by atoms with van der Waals surface area (Å²) < 4.78 is 0. The normalized spacial score (nSPS) is 10.6. The summed E-state index contributed by atoms with van der Waals surface area (Å²) in [7, 11) is 5.97. The second kappa shape index (κ2) is 6.68. The molecule has 18 heavy (non-hydrogen) atoms. The average molecular weight is 241 g/mol. The smallest absolute Gasteiger partial charge is 0.114 e. The van der Waals surface area contributed by atoms with Crippen LogP contribution in [0.5, 0.6) is 0 Å². The summed E-state index contributed by atoms with van der Waals surface area (Å²) >= 11 is 0. The maximum absolute atomic E-state index is 5.97. The highest BCUT2D eigenvalue weighted by Crippen LogP contribution is 2.21. The SMILES string of the molecule is CCC.[B]c1cc2cc(C(C)C)[nH]c2cc1CC. The molecule has 0 aliphatic carbocycles. The number of benzene rings is 1. The molecule has 2 radical (unpaired) electrons. The molecular formula is C16H24BN. The molecule has 0 aliphatic heterocycles. The van der Waals surface area contributed by atoms with Gasteiger partial charge in [0.05, 0.1) is 0 Å². The van der Waals surface area contributed by atoms with Crippen LogP contribution in [0.15, 0.2) is 18.2 Å². The summed E-state index contributed by atoms with van der Waals surface area (Å²) in [5.74, 6) is 0.531. The van der Waals surface area contributed by atoms with E-state index < -0.39 is 0 Å². The Labute approximate surface area is 112 Å². The molecule has 0 saturated heterocycles. The van der Waals surface area contributed by atoms with Gasteiger partial charge in [0.25, 0.3) is 0 Å². The van der Waals surface area contributed by atoms with Gasteiger partial charge in [-0.3, -0.25) is 0 Å². The Morgan fingerprint density at radius 1 is 1.11 bits per heavy atom. The first-order valence-corrected chi connectivity index (χ1v) is 6.94. The Hall–Kier alpha value is -1.18. The zero-order chi connectivity index (χ0) is 13.7. The molecule has 1 aromatic carbocycles. The Morgan fingerprint density at radius 2 is 1.72 bits per heavy atom. The molecule has 0 atom stereocenters. The number of nitrogens with one attached hydrogen (secondary N) is 1. The van der Waals surface area contributed by atoms with Crippen molar-refractivity contribution >= 4 is 24.2 Å². The van der Waals surface area contributed by atoms with E-state index in [2.05, 4.69) is 57.8 Å². The van der Waals surface area contributed by atoms with E-state index >= 15 is 0 Å². The molecule has 1 heterocycles. The Kier molecular flexibility index (Phi) is 5.52. The lowest BCUT2D eigenvalue weighted by Crippen LogP contribution is -2.08. The topological polar surface area (TPSA) is 15.8 Å². The van der Waals surface area contributed by atoms with Gasteiger partial charge in [0.15, 0.2) is 0 Å². The molecule has 0 bridgehead atoms. The Morgan fingerprint density at radius 3 is 2.22 bits per heavy atom. The molecule has 1 N–H and O–H groups in total. The number of hydrogen-bond acceptors (Lipinski definition) is 0. The maximum Gasteiger partial charge on any atom is 0.114 e. The summed E-state index contributed by atoms with van der Waals surface area (Å²) in [4.78, 5) is 3.44. The van der Waals surface area contributed by atoms with Crippen LogP contribution in [-0.2, 0) is 6.42 Å². The number of aromatic nitrogens is 1. The highest BCUT2D eigenvalue weighted by Gasteiger charge is 2.06. The van der Waals surface area contributed by atoms with Crippen LogP contribution in [0, 0.1) is 0 Å².